The van der Waals surface area contributed by atoms with Gasteiger partial charge in [0.05, 0.1) is 5.56 Å². The monoisotopic (exact) mass is 300 g/mol. The molecule has 0 spiro atoms. The Kier molecular flexibility index (Phi) is 3.99. The molecule has 0 bridgehead atoms. The molecule has 104 valence electrons. The van der Waals surface area contributed by atoms with Crippen molar-refractivity contribution in [1.82, 2.24) is 0 Å². The SMILES string of the molecule is O=Cc1ccc(-c2ccc(Cl)cc2)cc1OC(F)(F)F. The van der Waals surface area contributed by atoms with Crippen molar-refractivity contribution in [3.8, 4) is 16.9 Å². The average molecular weight is 301 g/mol. The second-order valence-electron chi connectivity index (χ2n) is 3.93. The van der Waals surface area contributed by atoms with Gasteiger partial charge in [-0.1, -0.05) is 29.8 Å². The molecule has 0 aliphatic heterocycles. The summed E-state index contributed by atoms with van der Waals surface area (Å²) in [7, 11) is 0. The van der Waals surface area contributed by atoms with Gasteiger partial charge in [0, 0.05) is 5.02 Å². The van der Waals surface area contributed by atoms with Gasteiger partial charge >= 0.3 is 6.36 Å². The van der Waals surface area contributed by atoms with Gasteiger partial charge in [-0.15, -0.1) is 13.2 Å². The molecule has 0 heterocycles. The summed E-state index contributed by atoms with van der Waals surface area (Å²) in [6, 6.07) is 10.5. The first-order valence-corrected chi connectivity index (χ1v) is 5.88. The summed E-state index contributed by atoms with van der Waals surface area (Å²) in [5, 5.41) is 0.519. The van der Waals surface area contributed by atoms with Gasteiger partial charge in [-0.2, -0.15) is 0 Å². The first-order chi connectivity index (χ1) is 9.39. The quantitative estimate of drug-likeness (QED) is 0.767. The second kappa shape index (κ2) is 5.54. The summed E-state index contributed by atoms with van der Waals surface area (Å²) >= 11 is 5.75. The number of aldehydes is 1. The minimum atomic E-state index is -4.85. The molecular formula is C14H8ClF3O2. The Hall–Kier alpha value is -2.01. The number of rotatable bonds is 3. The third kappa shape index (κ3) is 3.51. The Morgan fingerprint density at radius 1 is 1.00 bits per heavy atom. The van der Waals surface area contributed by atoms with Gasteiger partial charge in [0.25, 0.3) is 0 Å². The molecule has 0 radical (unpaired) electrons. The molecule has 0 N–H and O–H groups in total. The van der Waals surface area contributed by atoms with Crippen molar-refractivity contribution in [1.29, 1.82) is 0 Å². The van der Waals surface area contributed by atoms with Crippen molar-refractivity contribution in [2.24, 2.45) is 0 Å². The van der Waals surface area contributed by atoms with E-state index in [2.05, 4.69) is 4.74 Å². The average Bonchev–Trinajstić information content (AvgIpc) is 2.37. The van der Waals surface area contributed by atoms with Gasteiger partial charge in [-0.05, 0) is 35.4 Å². The van der Waals surface area contributed by atoms with Crippen LogP contribution in [0.3, 0.4) is 0 Å². The standard InChI is InChI=1S/C14H8ClF3O2/c15-12-5-3-9(4-6-12)10-1-2-11(8-19)13(7-10)20-14(16,17)18/h1-8H. The molecule has 20 heavy (non-hydrogen) atoms. The molecule has 0 aromatic heterocycles. The van der Waals surface area contributed by atoms with Crippen molar-refractivity contribution in [2.75, 3.05) is 0 Å². The highest BCUT2D eigenvalue weighted by Gasteiger charge is 2.32. The van der Waals surface area contributed by atoms with E-state index >= 15 is 0 Å². The first-order valence-electron chi connectivity index (χ1n) is 5.50. The van der Waals surface area contributed by atoms with Crippen molar-refractivity contribution >= 4 is 17.9 Å². The van der Waals surface area contributed by atoms with E-state index in [1.807, 2.05) is 0 Å². The van der Waals surface area contributed by atoms with Crippen molar-refractivity contribution in [3.63, 3.8) is 0 Å². The summed E-state index contributed by atoms with van der Waals surface area (Å²) in [5.74, 6) is -0.528. The Morgan fingerprint density at radius 2 is 1.60 bits per heavy atom. The van der Waals surface area contributed by atoms with E-state index in [0.717, 1.165) is 0 Å². The lowest BCUT2D eigenvalue weighted by molar-refractivity contribution is -0.274. The molecule has 0 fully saturated rings. The predicted octanol–water partition coefficient (Wildman–Crippen LogP) is 4.72. The largest absolute Gasteiger partial charge is 0.573 e. The Morgan fingerprint density at radius 3 is 2.15 bits per heavy atom. The first kappa shape index (κ1) is 14.4. The van der Waals surface area contributed by atoms with E-state index in [-0.39, 0.29) is 5.56 Å². The van der Waals surface area contributed by atoms with Gasteiger partial charge in [0.15, 0.2) is 6.29 Å². The summed E-state index contributed by atoms with van der Waals surface area (Å²) in [4.78, 5) is 10.7. The van der Waals surface area contributed by atoms with Crippen LogP contribution in [0, 0.1) is 0 Å². The van der Waals surface area contributed by atoms with E-state index in [1.54, 1.807) is 24.3 Å². The van der Waals surface area contributed by atoms with Crippen molar-refractivity contribution in [3.05, 3.63) is 53.1 Å². The summed E-state index contributed by atoms with van der Waals surface area (Å²) < 4.78 is 40.7. The number of hydrogen-bond donors (Lipinski definition) is 0. The smallest absolute Gasteiger partial charge is 0.405 e. The van der Waals surface area contributed by atoms with E-state index < -0.39 is 12.1 Å². The van der Waals surface area contributed by atoms with E-state index in [9.17, 15) is 18.0 Å². The van der Waals surface area contributed by atoms with Crippen LogP contribution >= 0.6 is 11.6 Å². The molecule has 0 saturated heterocycles. The summed E-state index contributed by atoms with van der Waals surface area (Å²) in [5.41, 5.74) is 0.991. The van der Waals surface area contributed by atoms with Crippen LogP contribution in [0.15, 0.2) is 42.5 Å². The molecule has 0 aliphatic rings. The Bertz CT molecular complexity index is 621. The van der Waals surface area contributed by atoms with Gasteiger partial charge < -0.3 is 4.74 Å². The zero-order valence-corrected chi connectivity index (χ0v) is 10.7. The number of ether oxygens (including phenoxy) is 1. The lowest BCUT2D eigenvalue weighted by Crippen LogP contribution is -2.18. The highest BCUT2D eigenvalue weighted by atomic mass is 35.5. The van der Waals surface area contributed by atoms with Crippen LogP contribution in [0.1, 0.15) is 10.4 Å². The van der Waals surface area contributed by atoms with Crippen LogP contribution in [0.2, 0.25) is 5.02 Å². The number of hydrogen-bond acceptors (Lipinski definition) is 2. The Balaban J connectivity index is 2.43. The van der Waals surface area contributed by atoms with Crippen LogP contribution in [-0.4, -0.2) is 12.6 Å². The third-order valence-electron chi connectivity index (χ3n) is 2.54. The van der Waals surface area contributed by atoms with Crippen LogP contribution in [0.25, 0.3) is 11.1 Å². The van der Waals surface area contributed by atoms with E-state index in [1.165, 1.54) is 18.2 Å². The van der Waals surface area contributed by atoms with Crippen LogP contribution < -0.4 is 4.74 Å². The van der Waals surface area contributed by atoms with Crippen LogP contribution in [0.4, 0.5) is 13.2 Å². The van der Waals surface area contributed by atoms with E-state index in [4.69, 9.17) is 11.6 Å². The van der Waals surface area contributed by atoms with Gasteiger partial charge in [0.2, 0.25) is 0 Å². The number of halogens is 4. The zero-order chi connectivity index (χ0) is 14.8. The third-order valence-corrected chi connectivity index (χ3v) is 2.80. The van der Waals surface area contributed by atoms with Crippen molar-refractivity contribution < 1.29 is 22.7 Å². The fraction of sp³-hybridized carbons (Fsp3) is 0.0714. The number of carbonyl (C=O) groups excluding carboxylic acids is 1. The fourth-order valence-electron chi connectivity index (χ4n) is 1.67. The van der Waals surface area contributed by atoms with Crippen molar-refractivity contribution in [2.45, 2.75) is 6.36 Å². The summed E-state index contributed by atoms with van der Waals surface area (Å²) in [6.45, 7) is 0. The highest BCUT2D eigenvalue weighted by molar-refractivity contribution is 6.30. The number of carbonyl (C=O) groups is 1. The maximum Gasteiger partial charge on any atom is 0.573 e. The van der Waals surface area contributed by atoms with Gasteiger partial charge in [-0.3, -0.25) is 4.79 Å². The number of benzene rings is 2. The lowest BCUT2D eigenvalue weighted by Gasteiger charge is -2.12. The molecule has 2 rings (SSSR count). The molecule has 2 aromatic carbocycles. The minimum absolute atomic E-state index is 0.167. The molecule has 6 heteroatoms. The highest BCUT2D eigenvalue weighted by Crippen LogP contribution is 2.31. The fourth-order valence-corrected chi connectivity index (χ4v) is 1.79. The van der Waals surface area contributed by atoms with E-state index in [0.29, 0.717) is 22.4 Å². The normalized spacial score (nSPS) is 11.2. The minimum Gasteiger partial charge on any atom is -0.405 e. The second-order valence-corrected chi connectivity index (χ2v) is 4.36. The van der Waals surface area contributed by atoms with Crippen LogP contribution in [-0.2, 0) is 0 Å². The molecule has 0 saturated carbocycles. The summed E-state index contributed by atoms with van der Waals surface area (Å²) in [6.07, 6.45) is -4.54. The van der Waals surface area contributed by atoms with Gasteiger partial charge in [0.1, 0.15) is 5.75 Å². The topological polar surface area (TPSA) is 26.3 Å². The zero-order valence-electron chi connectivity index (χ0n) is 9.95. The maximum atomic E-state index is 12.3. The number of alkyl halides is 3. The molecule has 0 aliphatic carbocycles. The molecule has 0 atom stereocenters. The molecule has 2 nitrogen and oxygen atoms in total. The molecular weight excluding hydrogens is 293 g/mol. The predicted molar refractivity (Wildman–Crippen MR) is 69.0 cm³/mol. The van der Waals surface area contributed by atoms with Gasteiger partial charge in [-0.25, -0.2) is 0 Å². The Labute approximate surface area is 117 Å². The lowest BCUT2D eigenvalue weighted by atomic mass is 10.0. The maximum absolute atomic E-state index is 12.3. The molecule has 0 unspecified atom stereocenters. The molecule has 2 aromatic rings. The molecule has 0 amide bonds. The van der Waals surface area contributed by atoms with Crippen LogP contribution in [0.5, 0.6) is 5.75 Å².